The first-order valence-electron chi connectivity index (χ1n) is 3.66. The van der Waals surface area contributed by atoms with Crippen LogP contribution in [-0.2, 0) is 6.18 Å². The Morgan fingerprint density at radius 3 is 2.67 bits per heavy atom. The van der Waals surface area contributed by atoms with Gasteiger partial charge in [0.2, 0.25) is 0 Å². The summed E-state index contributed by atoms with van der Waals surface area (Å²) in [5.74, 6) is 0. The Hall–Kier alpha value is -0.820. The molecule has 2 aromatic heterocycles. The summed E-state index contributed by atoms with van der Waals surface area (Å²) in [7, 11) is 0. The topological polar surface area (TPSA) is 30.2 Å². The molecule has 8 heteroatoms. The Balaban J connectivity index is 2.76. The van der Waals surface area contributed by atoms with E-state index in [1.165, 1.54) is 6.20 Å². The van der Waals surface area contributed by atoms with E-state index < -0.39 is 11.9 Å². The summed E-state index contributed by atoms with van der Waals surface area (Å²) in [4.78, 5) is 3.41. The van der Waals surface area contributed by atoms with E-state index in [9.17, 15) is 13.2 Å². The minimum Gasteiger partial charge on any atom is -0.223 e. The van der Waals surface area contributed by atoms with Crippen LogP contribution in [0.3, 0.4) is 0 Å². The standard InChI is InChI=1S/C7H2BrClF3N3/c8-3-2-13-15-5(9)1-4(7(10,11)12)14-6(3)15/h1-2H. The third-order valence-electron chi connectivity index (χ3n) is 1.68. The van der Waals surface area contributed by atoms with Gasteiger partial charge in [-0.05, 0) is 15.9 Å². The second-order valence-electron chi connectivity index (χ2n) is 2.69. The van der Waals surface area contributed by atoms with Crippen molar-refractivity contribution in [2.75, 3.05) is 0 Å². The molecular weight excluding hydrogens is 298 g/mol. The summed E-state index contributed by atoms with van der Waals surface area (Å²) in [5, 5.41) is 3.61. The molecule has 3 nitrogen and oxygen atoms in total. The van der Waals surface area contributed by atoms with Crippen LogP contribution in [0, 0.1) is 0 Å². The van der Waals surface area contributed by atoms with Crippen LogP contribution in [0.5, 0.6) is 0 Å². The van der Waals surface area contributed by atoms with Crippen molar-refractivity contribution in [3.63, 3.8) is 0 Å². The van der Waals surface area contributed by atoms with Crippen LogP contribution >= 0.6 is 27.5 Å². The number of alkyl halides is 3. The lowest BCUT2D eigenvalue weighted by atomic mass is 10.4. The highest BCUT2D eigenvalue weighted by Crippen LogP contribution is 2.31. The van der Waals surface area contributed by atoms with E-state index in [2.05, 4.69) is 26.0 Å². The van der Waals surface area contributed by atoms with E-state index in [1.54, 1.807) is 0 Å². The smallest absolute Gasteiger partial charge is 0.223 e. The maximum atomic E-state index is 12.4. The van der Waals surface area contributed by atoms with E-state index in [0.29, 0.717) is 4.47 Å². The number of aromatic nitrogens is 3. The summed E-state index contributed by atoms with van der Waals surface area (Å²) >= 11 is 8.65. The molecule has 0 saturated heterocycles. The first-order valence-corrected chi connectivity index (χ1v) is 4.83. The molecule has 0 aromatic carbocycles. The molecule has 2 heterocycles. The van der Waals surface area contributed by atoms with Gasteiger partial charge in [0, 0.05) is 6.07 Å². The molecule has 0 aliphatic carbocycles. The van der Waals surface area contributed by atoms with Crippen molar-refractivity contribution in [1.29, 1.82) is 0 Å². The lowest BCUT2D eigenvalue weighted by Crippen LogP contribution is -2.09. The van der Waals surface area contributed by atoms with Gasteiger partial charge in [0.1, 0.15) is 10.8 Å². The van der Waals surface area contributed by atoms with Crippen LogP contribution in [0.2, 0.25) is 5.15 Å². The summed E-state index contributed by atoms with van der Waals surface area (Å²) in [6, 6.07) is 0.730. The van der Waals surface area contributed by atoms with Gasteiger partial charge in [0.15, 0.2) is 5.65 Å². The van der Waals surface area contributed by atoms with Crippen LogP contribution in [0.1, 0.15) is 5.69 Å². The predicted octanol–water partition coefficient (Wildman–Crippen LogP) is 3.16. The number of fused-ring (bicyclic) bond motifs is 1. The van der Waals surface area contributed by atoms with E-state index >= 15 is 0 Å². The van der Waals surface area contributed by atoms with Crippen molar-refractivity contribution in [2.45, 2.75) is 6.18 Å². The first kappa shape index (κ1) is 10.7. The SMILES string of the molecule is FC(F)(F)c1cc(Cl)n2ncc(Br)c2n1. The maximum absolute atomic E-state index is 12.4. The van der Waals surface area contributed by atoms with Crippen LogP contribution < -0.4 is 0 Å². The van der Waals surface area contributed by atoms with Gasteiger partial charge in [0.05, 0.1) is 10.7 Å². The van der Waals surface area contributed by atoms with Crippen LogP contribution in [0.25, 0.3) is 5.65 Å². The van der Waals surface area contributed by atoms with Crippen LogP contribution in [0.4, 0.5) is 13.2 Å². The molecule has 0 unspecified atom stereocenters. The third kappa shape index (κ3) is 1.81. The molecule has 0 fully saturated rings. The van der Waals surface area contributed by atoms with Gasteiger partial charge in [-0.3, -0.25) is 0 Å². The average molecular weight is 300 g/mol. The highest BCUT2D eigenvalue weighted by Gasteiger charge is 2.33. The molecule has 2 aromatic rings. The zero-order chi connectivity index (χ0) is 11.2. The number of nitrogens with zero attached hydrogens (tertiary/aromatic N) is 3. The lowest BCUT2D eigenvalue weighted by Gasteiger charge is -2.06. The molecule has 0 aliphatic heterocycles. The summed E-state index contributed by atoms with van der Waals surface area (Å²) in [6.07, 6.45) is -3.19. The largest absolute Gasteiger partial charge is 0.433 e. The van der Waals surface area contributed by atoms with Crippen LogP contribution in [-0.4, -0.2) is 14.6 Å². The molecule has 80 valence electrons. The lowest BCUT2D eigenvalue weighted by molar-refractivity contribution is -0.141. The number of halogens is 5. The van der Waals surface area contributed by atoms with E-state index in [0.717, 1.165) is 10.6 Å². The van der Waals surface area contributed by atoms with Crippen molar-refractivity contribution < 1.29 is 13.2 Å². The van der Waals surface area contributed by atoms with Gasteiger partial charge < -0.3 is 0 Å². The fraction of sp³-hybridized carbons (Fsp3) is 0.143. The quantitative estimate of drug-likeness (QED) is 0.700. The van der Waals surface area contributed by atoms with Crippen molar-refractivity contribution in [1.82, 2.24) is 14.6 Å². The van der Waals surface area contributed by atoms with E-state index in [-0.39, 0.29) is 10.8 Å². The van der Waals surface area contributed by atoms with Crippen molar-refractivity contribution in [2.24, 2.45) is 0 Å². The molecule has 0 amide bonds. The molecule has 0 N–H and O–H groups in total. The highest BCUT2D eigenvalue weighted by molar-refractivity contribution is 9.10. The highest BCUT2D eigenvalue weighted by atomic mass is 79.9. The molecule has 0 saturated carbocycles. The van der Waals surface area contributed by atoms with Gasteiger partial charge in [-0.25, -0.2) is 9.50 Å². The van der Waals surface area contributed by atoms with Crippen molar-refractivity contribution in [3.8, 4) is 0 Å². The number of hydrogen-bond donors (Lipinski definition) is 0. The van der Waals surface area contributed by atoms with Gasteiger partial charge in [-0.2, -0.15) is 18.3 Å². The van der Waals surface area contributed by atoms with E-state index in [4.69, 9.17) is 11.6 Å². The molecule has 0 atom stereocenters. The summed E-state index contributed by atoms with van der Waals surface area (Å²) < 4.78 is 38.6. The van der Waals surface area contributed by atoms with Crippen LogP contribution in [0.15, 0.2) is 16.7 Å². The molecule has 0 radical (unpaired) electrons. The Bertz CT molecular complexity index is 522. The Morgan fingerprint density at radius 2 is 2.07 bits per heavy atom. The normalized spacial score (nSPS) is 12.3. The monoisotopic (exact) mass is 299 g/mol. The zero-order valence-electron chi connectivity index (χ0n) is 6.89. The van der Waals surface area contributed by atoms with Gasteiger partial charge in [-0.15, -0.1) is 0 Å². The summed E-state index contributed by atoms with van der Waals surface area (Å²) in [5.41, 5.74) is -1.00. The van der Waals surface area contributed by atoms with Crippen molar-refractivity contribution >= 4 is 33.2 Å². The van der Waals surface area contributed by atoms with Gasteiger partial charge in [-0.1, -0.05) is 11.6 Å². The Labute approximate surface area is 95.0 Å². The minimum atomic E-state index is -4.52. The molecule has 0 bridgehead atoms. The first-order chi connectivity index (χ1) is 6.89. The molecule has 2 rings (SSSR count). The average Bonchev–Trinajstić information content (AvgIpc) is 2.47. The molecular formula is C7H2BrClF3N3. The second kappa shape index (κ2) is 3.34. The Kier molecular flexibility index (Phi) is 2.38. The van der Waals surface area contributed by atoms with E-state index in [1.807, 2.05) is 0 Å². The molecule has 0 aliphatic rings. The fourth-order valence-electron chi connectivity index (χ4n) is 1.04. The minimum absolute atomic E-state index is 0.0369. The third-order valence-corrected chi connectivity index (χ3v) is 2.50. The molecule has 15 heavy (non-hydrogen) atoms. The Morgan fingerprint density at radius 1 is 1.40 bits per heavy atom. The fourth-order valence-corrected chi connectivity index (χ4v) is 1.62. The summed E-state index contributed by atoms with van der Waals surface area (Å²) in [6.45, 7) is 0. The molecule has 0 spiro atoms. The number of rotatable bonds is 0. The maximum Gasteiger partial charge on any atom is 0.433 e. The zero-order valence-corrected chi connectivity index (χ0v) is 9.23. The second-order valence-corrected chi connectivity index (χ2v) is 3.93. The predicted molar refractivity (Wildman–Crippen MR) is 50.7 cm³/mol. The van der Waals surface area contributed by atoms with Gasteiger partial charge in [0.25, 0.3) is 0 Å². The number of hydrogen-bond acceptors (Lipinski definition) is 2. The van der Waals surface area contributed by atoms with Gasteiger partial charge >= 0.3 is 6.18 Å². The van der Waals surface area contributed by atoms with Crippen molar-refractivity contribution in [3.05, 3.63) is 27.6 Å².